The van der Waals surface area contributed by atoms with E-state index in [9.17, 15) is 4.79 Å². The lowest BCUT2D eigenvalue weighted by Crippen LogP contribution is -2.38. The van der Waals surface area contributed by atoms with E-state index in [1.165, 1.54) is 0 Å². The number of ether oxygens (including phenoxy) is 1. The number of amides is 1. The quantitative estimate of drug-likeness (QED) is 0.850. The Labute approximate surface area is 118 Å². The normalized spacial score (nSPS) is 17.8. The highest BCUT2D eigenvalue weighted by molar-refractivity contribution is 5.76. The van der Waals surface area contributed by atoms with Crippen LogP contribution in [0.3, 0.4) is 0 Å². The Morgan fingerprint density at radius 3 is 3.10 bits per heavy atom. The molecule has 106 valence electrons. The Kier molecular flexibility index (Phi) is 4.46. The van der Waals surface area contributed by atoms with E-state index in [1.54, 1.807) is 18.2 Å². The number of anilines is 1. The molecule has 20 heavy (non-hydrogen) atoms. The molecule has 0 bridgehead atoms. The molecule has 0 aromatic heterocycles. The van der Waals surface area contributed by atoms with Crippen LogP contribution in [0.5, 0.6) is 5.75 Å². The fourth-order valence-electron chi connectivity index (χ4n) is 2.51. The van der Waals surface area contributed by atoms with Gasteiger partial charge in [-0.2, -0.15) is 5.26 Å². The molecule has 1 atom stereocenters. The lowest BCUT2D eigenvalue weighted by molar-refractivity contribution is -0.132. The van der Waals surface area contributed by atoms with Gasteiger partial charge in [-0.1, -0.05) is 13.0 Å². The van der Waals surface area contributed by atoms with E-state index in [2.05, 4.69) is 6.07 Å². The molecule has 1 aliphatic rings. The molecule has 2 rings (SSSR count). The van der Waals surface area contributed by atoms with E-state index in [4.69, 9.17) is 15.7 Å². The zero-order valence-corrected chi connectivity index (χ0v) is 11.6. The predicted octanol–water partition coefficient (Wildman–Crippen LogP) is 1.92. The van der Waals surface area contributed by atoms with Gasteiger partial charge in [0.2, 0.25) is 5.91 Å². The van der Waals surface area contributed by atoms with Crippen molar-refractivity contribution >= 4 is 11.6 Å². The molecule has 1 saturated heterocycles. The average Bonchev–Trinajstić information content (AvgIpc) is 2.92. The third-order valence-corrected chi connectivity index (χ3v) is 3.60. The van der Waals surface area contributed by atoms with Crippen LogP contribution in [-0.2, 0) is 4.79 Å². The third kappa shape index (κ3) is 2.85. The van der Waals surface area contributed by atoms with Crippen LogP contribution in [0.2, 0.25) is 0 Å². The highest BCUT2D eigenvalue weighted by Gasteiger charge is 2.28. The van der Waals surface area contributed by atoms with Crippen molar-refractivity contribution in [3.63, 3.8) is 0 Å². The fourth-order valence-corrected chi connectivity index (χ4v) is 2.51. The van der Waals surface area contributed by atoms with Crippen LogP contribution in [0.1, 0.15) is 31.7 Å². The minimum Gasteiger partial charge on any atom is -0.490 e. The zero-order chi connectivity index (χ0) is 14.5. The van der Waals surface area contributed by atoms with Crippen LogP contribution in [0.25, 0.3) is 0 Å². The molecule has 1 fully saturated rings. The molecule has 0 spiro atoms. The molecule has 1 heterocycles. The smallest absolute Gasteiger partial charge is 0.222 e. The number of nitrogens with zero attached hydrogens (tertiary/aromatic N) is 2. The monoisotopic (exact) mass is 273 g/mol. The number of rotatable bonds is 4. The van der Waals surface area contributed by atoms with Gasteiger partial charge in [-0.25, -0.2) is 0 Å². The Bertz CT molecular complexity index is 536. The van der Waals surface area contributed by atoms with Crippen molar-refractivity contribution < 1.29 is 9.53 Å². The number of nitrogens with two attached hydrogens (primary N) is 1. The number of nitriles is 1. The maximum absolute atomic E-state index is 11.8. The molecule has 0 aliphatic carbocycles. The van der Waals surface area contributed by atoms with Crippen molar-refractivity contribution in [3.8, 4) is 11.8 Å². The summed E-state index contributed by atoms with van der Waals surface area (Å²) in [6.07, 6.45) is 2.45. The highest BCUT2D eigenvalue weighted by atomic mass is 16.5. The molecule has 1 aliphatic heterocycles. The van der Waals surface area contributed by atoms with Crippen LogP contribution < -0.4 is 10.5 Å². The van der Waals surface area contributed by atoms with Crippen LogP contribution in [0.15, 0.2) is 18.2 Å². The minimum atomic E-state index is 0.0930. The first-order valence-corrected chi connectivity index (χ1v) is 6.88. The van der Waals surface area contributed by atoms with Crippen molar-refractivity contribution in [2.24, 2.45) is 0 Å². The van der Waals surface area contributed by atoms with E-state index in [0.717, 1.165) is 19.4 Å². The second-order valence-corrected chi connectivity index (χ2v) is 4.88. The van der Waals surface area contributed by atoms with Gasteiger partial charge in [0.25, 0.3) is 0 Å². The van der Waals surface area contributed by atoms with Gasteiger partial charge in [0.1, 0.15) is 24.0 Å². The number of carbonyl (C=O) groups excluding carboxylic acids is 1. The van der Waals surface area contributed by atoms with Gasteiger partial charge in [-0.3, -0.25) is 4.79 Å². The van der Waals surface area contributed by atoms with E-state index >= 15 is 0 Å². The first-order valence-electron chi connectivity index (χ1n) is 6.88. The summed E-state index contributed by atoms with van der Waals surface area (Å²) in [5.74, 6) is 0.646. The third-order valence-electron chi connectivity index (χ3n) is 3.60. The van der Waals surface area contributed by atoms with Crippen molar-refractivity contribution in [1.82, 2.24) is 4.90 Å². The lowest BCUT2D eigenvalue weighted by Gasteiger charge is -2.24. The number of hydrogen-bond donors (Lipinski definition) is 1. The van der Waals surface area contributed by atoms with E-state index in [-0.39, 0.29) is 11.9 Å². The minimum absolute atomic E-state index is 0.0930. The summed E-state index contributed by atoms with van der Waals surface area (Å²) in [7, 11) is 0. The van der Waals surface area contributed by atoms with Crippen molar-refractivity contribution in [2.75, 3.05) is 18.9 Å². The highest BCUT2D eigenvalue weighted by Crippen LogP contribution is 2.25. The van der Waals surface area contributed by atoms with Crippen LogP contribution in [0, 0.1) is 11.3 Å². The van der Waals surface area contributed by atoms with Crippen LogP contribution in [0.4, 0.5) is 5.69 Å². The topological polar surface area (TPSA) is 79.3 Å². The summed E-state index contributed by atoms with van der Waals surface area (Å²) in [5, 5.41) is 9.09. The van der Waals surface area contributed by atoms with Gasteiger partial charge in [-0.05, 0) is 25.0 Å². The standard InChI is InChI=1S/C15H19N3O2/c1-2-15(19)18-8-4-5-11(18)10-20-14-7-3-6-13(17)12(14)9-16/h3,6-7,11H,2,4-5,8,10,17H2,1H3. The first kappa shape index (κ1) is 14.2. The summed E-state index contributed by atoms with van der Waals surface area (Å²) in [4.78, 5) is 13.7. The van der Waals surface area contributed by atoms with E-state index in [0.29, 0.717) is 30.0 Å². The summed E-state index contributed by atoms with van der Waals surface area (Å²) >= 11 is 0. The number of likely N-dealkylation sites (tertiary alicyclic amines) is 1. The lowest BCUT2D eigenvalue weighted by atomic mass is 10.1. The maximum Gasteiger partial charge on any atom is 0.222 e. The predicted molar refractivity (Wildman–Crippen MR) is 76.1 cm³/mol. The Balaban J connectivity index is 2.04. The first-order chi connectivity index (χ1) is 9.67. The second-order valence-electron chi connectivity index (χ2n) is 4.88. The number of nitrogen functional groups attached to an aromatic ring is 1. The summed E-state index contributed by atoms with van der Waals surface area (Å²) in [5.41, 5.74) is 6.52. The molecule has 1 unspecified atom stereocenters. The summed E-state index contributed by atoms with van der Waals surface area (Å²) < 4.78 is 5.72. The van der Waals surface area contributed by atoms with E-state index < -0.39 is 0 Å². The van der Waals surface area contributed by atoms with Crippen molar-refractivity contribution in [1.29, 1.82) is 5.26 Å². The number of hydrogen-bond acceptors (Lipinski definition) is 4. The van der Waals surface area contributed by atoms with Crippen molar-refractivity contribution in [2.45, 2.75) is 32.2 Å². The van der Waals surface area contributed by atoms with Gasteiger partial charge in [0.15, 0.2) is 0 Å². The molecule has 0 radical (unpaired) electrons. The fraction of sp³-hybridized carbons (Fsp3) is 0.467. The molecule has 1 aromatic rings. The van der Waals surface area contributed by atoms with E-state index in [1.807, 2.05) is 11.8 Å². The SMILES string of the molecule is CCC(=O)N1CCCC1COc1cccc(N)c1C#N. The number of benzene rings is 1. The van der Waals surface area contributed by atoms with Gasteiger partial charge in [0, 0.05) is 13.0 Å². The van der Waals surface area contributed by atoms with Crippen molar-refractivity contribution in [3.05, 3.63) is 23.8 Å². The average molecular weight is 273 g/mol. The van der Waals surface area contributed by atoms with Gasteiger partial charge in [0.05, 0.1) is 11.7 Å². The molecule has 1 amide bonds. The zero-order valence-electron chi connectivity index (χ0n) is 11.6. The van der Waals surface area contributed by atoms with Gasteiger partial charge < -0.3 is 15.4 Å². The Morgan fingerprint density at radius 2 is 2.40 bits per heavy atom. The summed E-state index contributed by atoms with van der Waals surface area (Å²) in [6, 6.07) is 7.31. The van der Waals surface area contributed by atoms with Crippen LogP contribution >= 0.6 is 0 Å². The molecular weight excluding hydrogens is 254 g/mol. The van der Waals surface area contributed by atoms with Gasteiger partial charge in [-0.15, -0.1) is 0 Å². The molecule has 1 aromatic carbocycles. The largest absolute Gasteiger partial charge is 0.490 e. The Morgan fingerprint density at radius 1 is 1.60 bits per heavy atom. The maximum atomic E-state index is 11.8. The Hall–Kier alpha value is -2.22. The summed E-state index contributed by atoms with van der Waals surface area (Å²) in [6.45, 7) is 3.07. The van der Waals surface area contributed by atoms with Gasteiger partial charge >= 0.3 is 0 Å². The molecule has 0 saturated carbocycles. The molecule has 5 heteroatoms. The van der Waals surface area contributed by atoms with Crippen LogP contribution in [-0.4, -0.2) is 30.0 Å². The number of carbonyl (C=O) groups is 1. The molecule has 2 N–H and O–H groups in total. The molecule has 5 nitrogen and oxygen atoms in total. The second kappa shape index (κ2) is 6.29. The molecular formula is C15H19N3O2.